The molecule has 3 N–H and O–H groups in total. The third kappa shape index (κ3) is 2.20. The highest BCUT2D eigenvalue weighted by Gasteiger charge is 2.22. The Labute approximate surface area is 132 Å². The number of hydrogen-bond donors (Lipinski definition) is 2. The zero-order valence-corrected chi connectivity index (χ0v) is 13.2. The fraction of sp³-hybridized carbons (Fsp3) is 0.312. The van der Waals surface area contributed by atoms with Gasteiger partial charge in [-0.05, 0) is 30.9 Å². The number of anilines is 2. The molecule has 3 aromatic heterocycles. The van der Waals surface area contributed by atoms with Crippen molar-refractivity contribution in [2.45, 2.75) is 25.2 Å². The van der Waals surface area contributed by atoms with E-state index in [1.807, 2.05) is 12.3 Å². The highest BCUT2D eigenvalue weighted by molar-refractivity contribution is 7.18. The highest BCUT2D eigenvalue weighted by Crippen LogP contribution is 2.41. The number of pyridine rings is 1. The van der Waals surface area contributed by atoms with Crippen molar-refractivity contribution >= 4 is 33.1 Å². The van der Waals surface area contributed by atoms with Crippen LogP contribution in [0.2, 0.25) is 0 Å². The molecule has 0 bridgehead atoms. The maximum atomic E-state index is 5.97. The third-order valence-corrected chi connectivity index (χ3v) is 5.42. The molecular formula is C16H17N5S. The number of nitrogens with one attached hydrogen (secondary N) is 1. The molecule has 0 aromatic carbocycles. The van der Waals surface area contributed by atoms with Gasteiger partial charge < -0.3 is 11.1 Å². The Morgan fingerprint density at radius 3 is 2.77 bits per heavy atom. The third-order valence-electron chi connectivity index (χ3n) is 4.21. The van der Waals surface area contributed by atoms with Crippen LogP contribution < -0.4 is 11.1 Å². The Morgan fingerprint density at radius 2 is 2.09 bits per heavy atom. The SMILES string of the molecule is CNc1ncc(-c2ncc3cc(C4CCC4)sc3n2)cc1N. The molecule has 0 atom stereocenters. The molecule has 22 heavy (non-hydrogen) atoms. The Balaban J connectivity index is 1.73. The predicted molar refractivity (Wildman–Crippen MR) is 91.2 cm³/mol. The molecule has 1 fully saturated rings. The average molecular weight is 311 g/mol. The summed E-state index contributed by atoms with van der Waals surface area (Å²) in [6.07, 6.45) is 7.61. The van der Waals surface area contributed by atoms with Crippen molar-refractivity contribution in [2.24, 2.45) is 0 Å². The van der Waals surface area contributed by atoms with Crippen molar-refractivity contribution in [3.05, 3.63) is 29.4 Å². The van der Waals surface area contributed by atoms with Crippen LogP contribution in [0.1, 0.15) is 30.1 Å². The lowest BCUT2D eigenvalue weighted by atomic mass is 9.84. The summed E-state index contributed by atoms with van der Waals surface area (Å²) in [4.78, 5) is 15.9. The second-order valence-electron chi connectivity index (χ2n) is 5.64. The number of nitrogen functional groups attached to an aromatic ring is 1. The average Bonchev–Trinajstić information content (AvgIpc) is 2.87. The summed E-state index contributed by atoms with van der Waals surface area (Å²) in [6.45, 7) is 0. The largest absolute Gasteiger partial charge is 0.396 e. The molecule has 1 aliphatic rings. The van der Waals surface area contributed by atoms with Crippen LogP contribution in [0.3, 0.4) is 0 Å². The van der Waals surface area contributed by atoms with Crippen molar-refractivity contribution in [1.82, 2.24) is 15.0 Å². The van der Waals surface area contributed by atoms with Crippen LogP contribution in [0, 0.1) is 0 Å². The van der Waals surface area contributed by atoms with Crippen LogP contribution in [-0.2, 0) is 0 Å². The summed E-state index contributed by atoms with van der Waals surface area (Å²) >= 11 is 1.79. The van der Waals surface area contributed by atoms with Gasteiger partial charge >= 0.3 is 0 Å². The van der Waals surface area contributed by atoms with E-state index < -0.39 is 0 Å². The molecule has 1 aliphatic carbocycles. The molecule has 0 aliphatic heterocycles. The maximum absolute atomic E-state index is 5.97. The molecule has 4 rings (SSSR count). The summed E-state index contributed by atoms with van der Waals surface area (Å²) in [5.74, 6) is 2.08. The summed E-state index contributed by atoms with van der Waals surface area (Å²) in [7, 11) is 1.80. The summed E-state index contributed by atoms with van der Waals surface area (Å²) in [5.41, 5.74) is 7.42. The molecule has 1 saturated carbocycles. The van der Waals surface area contributed by atoms with Crippen LogP contribution in [0.15, 0.2) is 24.5 Å². The quantitative estimate of drug-likeness (QED) is 0.772. The monoisotopic (exact) mass is 311 g/mol. The molecule has 0 saturated heterocycles. The molecular weight excluding hydrogens is 294 g/mol. The van der Waals surface area contributed by atoms with E-state index in [0.29, 0.717) is 17.3 Å². The van der Waals surface area contributed by atoms with Crippen molar-refractivity contribution in [2.75, 3.05) is 18.1 Å². The van der Waals surface area contributed by atoms with Gasteiger partial charge in [0.15, 0.2) is 5.82 Å². The van der Waals surface area contributed by atoms with Gasteiger partial charge in [-0.15, -0.1) is 11.3 Å². The molecule has 3 aromatic rings. The summed E-state index contributed by atoms with van der Waals surface area (Å²) in [6, 6.07) is 4.10. The number of thiophene rings is 1. The lowest BCUT2D eigenvalue weighted by Crippen LogP contribution is -2.06. The van der Waals surface area contributed by atoms with Gasteiger partial charge in [-0.3, -0.25) is 0 Å². The van der Waals surface area contributed by atoms with Crippen LogP contribution in [0.4, 0.5) is 11.5 Å². The first-order chi connectivity index (χ1) is 10.7. The minimum Gasteiger partial charge on any atom is -0.396 e. The number of nitrogens with two attached hydrogens (primary N) is 1. The van der Waals surface area contributed by atoms with Gasteiger partial charge in [0, 0.05) is 35.3 Å². The zero-order chi connectivity index (χ0) is 15.1. The zero-order valence-electron chi connectivity index (χ0n) is 12.3. The molecule has 3 heterocycles. The van der Waals surface area contributed by atoms with Crippen LogP contribution in [0.25, 0.3) is 21.6 Å². The minimum absolute atomic E-state index is 0.602. The predicted octanol–water partition coefficient (Wildman–Crippen LogP) is 3.64. The lowest BCUT2D eigenvalue weighted by molar-refractivity contribution is 0.426. The van der Waals surface area contributed by atoms with E-state index in [9.17, 15) is 0 Å². The molecule has 0 unspecified atom stereocenters. The van der Waals surface area contributed by atoms with E-state index in [-0.39, 0.29) is 0 Å². The van der Waals surface area contributed by atoms with E-state index in [0.717, 1.165) is 21.7 Å². The van der Waals surface area contributed by atoms with Gasteiger partial charge in [-0.2, -0.15) is 0 Å². The number of hydrogen-bond acceptors (Lipinski definition) is 6. The van der Waals surface area contributed by atoms with E-state index >= 15 is 0 Å². The first-order valence-electron chi connectivity index (χ1n) is 7.44. The fourth-order valence-electron chi connectivity index (χ4n) is 2.70. The van der Waals surface area contributed by atoms with Crippen molar-refractivity contribution in [3.63, 3.8) is 0 Å². The lowest BCUT2D eigenvalue weighted by Gasteiger charge is -2.23. The number of rotatable bonds is 3. The number of fused-ring (bicyclic) bond motifs is 1. The first-order valence-corrected chi connectivity index (χ1v) is 8.26. The molecule has 0 spiro atoms. The Bertz CT molecular complexity index is 838. The molecule has 112 valence electrons. The van der Waals surface area contributed by atoms with Crippen LogP contribution in [0.5, 0.6) is 0 Å². The minimum atomic E-state index is 0.602. The number of aromatic nitrogens is 3. The topological polar surface area (TPSA) is 76.7 Å². The van der Waals surface area contributed by atoms with E-state index in [1.54, 1.807) is 24.6 Å². The van der Waals surface area contributed by atoms with Crippen molar-refractivity contribution < 1.29 is 0 Å². The van der Waals surface area contributed by atoms with Gasteiger partial charge in [0.05, 0.1) is 5.69 Å². The van der Waals surface area contributed by atoms with Gasteiger partial charge in [0.2, 0.25) is 0 Å². The van der Waals surface area contributed by atoms with Gasteiger partial charge in [-0.25, -0.2) is 15.0 Å². The second kappa shape index (κ2) is 5.21. The van der Waals surface area contributed by atoms with Crippen LogP contribution in [-0.4, -0.2) is 22.0 Å². The normalized spacial score (nSPS) is 15.0. The Hall–Kier alpha value is -2.21. The van der Waals surface area contributed by atoms with E-state index in [2.05, 4.69) is 21.4 Å². The number of nitrogens with zero attached hydrogens (tertiary/aromatic N) is 3. The van der Waals surface area contributed by atoms with Crippen LogP contribution >= 0.6 is 11.3 Å². The van der Waals surface area contributed by atoms with Gasteiger partial charge in [0.1, 0.15) is 10.6 Å². The molecule has 6 heteroatoms. The maximum Gasteiger partial charge on any atom is 0.162 e. The smallest absolute Gasteiger partial charge is 0.162 e. The fourth-order valence-corrected chi connectivity index (χ4v) is 3.87. The van der Waals surface area contributed by atoms with Crippen molar-refractivity contribution in [3.8, 4) is 11.4 Å². The standard InChI is InChI=1S/C16H17N5S/c1-18-15-12(17)5-10(7-20-15)14-19-8-11-6-13(9-3-2-4-9)22-16(11)21-14/h5-9H,2-4,17H2,1H3,(H,18,20). The molecule has 5 nitrogen and oxygen atoms in total. The van der Waals surface area contributed by atoms with Crippen molar-refractivity contribution in [1.29, 1.82) is 0 Å². The molecule has 0 radical (unpaired) electrons. The first kappa shape index (κ1) is 13.5. The Morgan fingerprint density at radius 1 is 1.23 bits per heavy atom. The molecule has 0 amide bonds. The van der Waals surface area contributed by atoms with Gasteiger partial charge in [-0.1, -0.05) is 6.42 Å². The summed E-state index contributed by atoms with van der Waals surface area (Å²) < 4.78 is 0. The van der Waals surface area contributed by atoms with E-state index in [1.165, 1.54) is 24.1 Å². The summed E-state index contributed by atoms with van der Waals surface area (Å²) in [5, 5.41) is 4.09. The second-order valence-corrected chi connectivity index (χ2v) is 6.70. The van der Waals surface area contributed by atoms with Gasteiger partial charge in [0.25, 0.3) is 0 Å². The van der Waals surface area contributed by atoms with E-state index in [4.69, 9.17) is 10.7 Å². The Kier molecular flexibility index (Phi) is 3.18. The highest BCUT2D eigenvalue weighted by atomic mass is 32.1.